The highest BCUT2D eigenvalue weighted by molar-refractivity contribution is 6.48. The lowest BCUT2D eigenvalue weighted by Gasteiger charge is -2.08. The fourth-order valence-electron chi connectivity index (χ4n) is 1.60. The van der Waals surface area contributed by atoms with E-state index in [0.717, 1.165) is 0 Å². The third kappa shape index (κ3) is 4.31. The molecular formula is C14H11AlNO5. The molecule has 0 unspecified atom stereocenters. The van der Waals surface area contributed by atoms with Gasteiger partial charge < -0.3 is 8.53 Å². The van der Waals surface area contributed by atoms with Crippen molar-refractivity contribution >= 4 is 31.6 Å². The Morgan fingerprint density at radius 2 is 1.90 bits per heavy atom. The summed E-state index contributed by atoms with van der Waals surface area (Å²) in [5.41, 5.74) is -0.134. The number of nitrogens with zero attached hydrogens (tertiary/aromatic N) is 1. The minimum Gasteiger partial charge on any atom is -0.618 e. The standard InChI is InChI=1S/C12H8NO3.C2H4O2.Al/c14-13(15)11-8-4-5-9-12(11)16-10-6-2-1-3-7-10;1-2(3)4;/h1-4,6-9H;1H3,(H,3,4);/q;;+1/p-1. The van der Waals surface area contributed by atoms with Crippen LogP contribution in [0.4, 0.5) is 5.69 Å². The van der Waals surface area contributed by atoms with E-state index in [1.54, 1.807) is 30.3 Å². The number of para-hydroxylation sites is 1. The molecule has 6 nitrogen and oxygen atoms in total. The fourth-order valence-corrected chi connectivity index (χ4v) is 2.30. The van der Waals surface area contributed by atoms with E-state index in [9.17, 15) is 14.9 Å². The highest BCUT2D eigenvalue weighted by atomic mass is 27.1. The van der Waals surface area contributed by atoms with Gasteiger partial charge >= 0.3 is 21.2 Å². The molecule has 0 aliphatic heterocycles. The maximum absolute atomic E-state index is 11.0. The summed E-state index contributed by atoms with van der Waals surface area (Å²) in [7, 11) is 0. The number of nitro benzene ring substituents is 1. The molecule has 0 amide bonds. The molecule has 0 aliphatic rings. The van der Waals surface area contributed by atoms with Crippen molar-refractivity contribution in [2.45, 2.75) is 6.92 Å². The summed E-state index contributed by atoms with van der Waals surface area (Å²) >= 11 is -0.741. The number of carbonyl (C=O) groups excluding carboxylic acids is 1. The first-order chi connectivity index (χ1) is 10.1. The van der Waals surface area contributed by atoms with E-state index in [4.69, 9.17) is 8.53 Å². The summed E-state index contributed by atoms with van der Waals surface area (Å²) < 4.78 is 11.2. The van der Waals surface area contributed by atoms with E-state index in [2.05, 4.69) is 0 Å². The fraction of sp³-hybridized carbons (Fsp3) is 0.0714. The average Bonchev–Trinajstić information content (AvgIpc) is 2.46. The van der Waals surface area contributed by atoms with E-state index >= 15 is 0 Å². The molecule has 0 saturated carbocycles. The summed E-state index contributed by atoms with van der Waals surface area (Å²) in [6.07, 6.45) is 0. The molecule has 0 N–H and O–H groups in total. The summed E-state index contributed by atoms with van der Waals surface area (Å²) in [6, 6.07) is 13.2. The Kier molecular flexibility index (Phi) is 4.93. The molecule has 1 radical (unpaired) electrons. The SMILES string of the molecule is CC(=O)[O][Al][c]1ccc([N+](=O)[O-])c(Oc2ccccc2)c1. The number of ether oxygens (including phenoxy) is 1. The minimum atomic E-state index is -0.741. The summed E-state index contributed by atoms with van der Waals surface area (Å²) in [5, 5.41) is 11.0. The molecule has 0 bridgehead atoms. The highest BCUT2D eigenvalue weighted by Crippen LogP contribution is 2.29. The molecule has 0 atom stereocenters. The molecular weight excluding hydrogens is 289 g/mol. The van der Waals surface area contributed by atoms with Crippen molar-refractivity contribution in [2.24, 2.45) is 0 Å². The van der Waals surface area contributed by atoms with Gasteiger partial charge in [0.25, 0.3) is 5.97 Å². The van der Waals surface area contributed by atoms with E-state index in [1.165, 1.54) is 19.1 Å². The Morgan fingerprint density at radius 1 is 1.19 bits per heavy atom. The third-order valence-corrected chi connectivity index (χ3v) is 3.59. The van der Waals surface area contributed by atoms with Crippen LogP contribution in [-0.2, 0) is 8.58 Å². The zero-order valence-corrected chi connectivity index (χ0v) is 12.3. The van der Waals surface area contributed by atoms with Gasteiger partial charge in [-0.1, -0.05) is 28.7 Å². The van der Waals surface area contributed by atoms with Crippen LogP contribution in [-0.4, -0.2) is 26.4 Å². The van der Waals surface area contributed by atoms with Crippen molar-refractivity contribution in [3.05, 3.63) is 58.6 Å². The maximum atomic E-state index is 11.0. The largest absolute Gasteiger partial charge is 0.618 e. The monoisotopic (exact) mass is 300 g/mol. The van der Waals surface area contributed by atoms with Crippen LogP contribution in [0.3, 0.4) is 0 Å². The predicted octanol–water partition coefficient (Wildman–Crippen LogP) is 2.19. The van der Waals surface area contributed by atoms with Crippen LogP contribution in [0.2, 0.25) is 0 Å². The van der Waals surface area contributed by atoms with Crippen LogP contribution in [0.15, 0.2) is 48.5 Å². The zero-order chi connectivity index (χ0) is 15.2. The molecule has 0 saturated heterocycles. The summed E-state index contributed by atoms with van der Waals surface area (Å²) in [5.74, 6) is 0.248. The maximum Gasteiger partial charge on any atom is 0.572 e. The van der Waals surface area contributed by atoms with E-state index < -0.39 is 20.5 Å². The first-order valence-corrected chi connectivity index (χ1v) is 7.13. The van der Waals surface area contributed by atoms with Crippen LogP contribution in [0.5, 0.6) is 11.5 Å². The molecule has 0 aliphatic carbocycles. The molecule has 0 fully saturated rings. The Morgan fingerprint density at radius 3 is 2.52 bits per heavy atom. The van der Waals surface area contributed by atoms with Gasteiger partial charge in [0.05, 0.1) is 4.92 Å². The van der Waals surface area contributed by atoms with Crippen LogP contribution in [0.25, 0.3) is 0 Å². The first-order valence-electron chi connectivity index (χ1n) is 6.08. The lowest BCUT2D eigenvalue weighted by Crippen LogP contribution is -2.20. The normalized spacial score (nSPS) is 9.76. The van der Waals surface area contributed by atoms with Crippen molar-refractivity contribution in [1.82, 2.24) is 0 Å². The van der Waals surface area contributed by atoms with Crippen LogP contribution >= 0.6 is 0 Å². The van der Waals surface area contributed by atoms with Crippen molar-refractivity contribution in [2.75, 3.05) is 0 Å². The van der Waals surface area contributed by atoms with Crippen LogP contribution < -0.4 is 9.16 Å². The van der Waals surface area contributed by atoms with Gasteiger partial charge in [-0.15, -0.1) is 0 Å². The lowest BCUT2D eigenvalue weighted by molar-refractivity contribution is -0.385. The molecule has 105 valence electrons. The van der Waals surface area contributed by atoms with E-state index in [0.29, 0.717) is 10.2 Å². The number of hydrogen-bond donors (Lipinski definition) is 0. The zero-order valence-electron chi connectivity index (χ0n) is 11.2. The molecule has 7 heteroatoms. The lowest BCUT2D eigenvalue weighted by atomic mass is 10.3. The Labute approximate surface area is 127 Å². The number of rotatable bonds is 5. The van der Waals surface area contributed by atoms with Gasteiger partial charge in [-0.05, 0) is 18.2 Å². The highest BCUT2D eigenvalue weighted by Gasteiger charge is 2.18. The van der Waals surface area contributed by atoms with Crippen LogP contribution in [0.1, 0.15) is 6.92 Å². The van der Waals surface area contributed by atoms with Gasteiger partial charge in [0.1, 0.15) is 5.75 Å². The molecule has 21 heavy (non-hydrogen) atoms. The average molecular weight is 300 g/mol. The van der Waals surface area contributed by atoms with Crippen LogP contribution in [0, 0.1) is 10.1 Å². The smallest absolute Gasteiger partial charge is 0.572 e. The van der Waals surface area contributed by atoms with Crippen molar-refractivity contribution in [3.63, 3.8) is 0 Å². The molecule has 2 aromatic rings. The number of hydrogen-bond acceptors (Lipinski definition) is 5. The third-order valence-electron chi connectivity index (χ3n) is 2.51. The van der Waals surface area contributed by atoms with E-state index in [1.807, 2.05) is 6.07 Å². The minimum absolute atomic E-state index is 0.128. The summed E-state index contributed by atoms with van der Waals surface area (Å²) in [4.78, 5) is 21.4. The molecule has 0 heterocycles. The number of benzene rings is 2. The van der Waals surface area contributed by atoms with Gasteiger partial charge in [-0.25, -0.2) is 0 Å². The Hall–Kier alpha value is -2.36. The van der Waals surface area contributed by atoms with Gasteiger partial charge in [0.15, 0.2) is 0 Å². The Bertz CT molecular complexity index is 660. The molecule has 0 spiro atoms. The first kappa shape index (κ1) is 15.0. The van der Waals surface area contributed by atoms with E-state index in [-0.39, 0.29) is 17.4 Å². The molecule has 2 aromatic carbocycles. The number of nitro groups is 1. The molecule has 0 aromatic heterocycles. The number of carbonyl (C=O) groups is 1. The topological polar surface area (TPSA) is 78.7 Å². The molecule has 2 rings (SSSR count). The quantitative estimate of drug-likeness (QED) is 0.480. The van der Waals surface area contributed by atoms with Gasteiger partial charge in [-0.2, -0.15) is 0 Å². The van der Waals surface area contributed by atoms with Crippen molar-refractivity contribution in [1.29, 1.82) is 0 Å². The summed E-state index contributed by atoms with van der Waals surface area (Å²) in [6.45, 7) is 1.32. The van der Waals surface area contributed by atoms with Crippen molar-refractivity contribution in [3.8, 4) is 11.5 Å². The van der Waals surface area contributed by atoms with Gasteiger partial charge in [-0.3, -0.25) is 14.9 Å². The second-order valence-corrected chi connectivity index (χ2v) is 5.26. The second-order valence-electron chi connectivity index (χ2n) is 4.13. The Balaban J connectivity index is 2.28. The predicted molar refractivity (Wildman–Crippen MR) is 76.8 cm³/mol. The van der Waals surface area contributed by atoms with Gasteiger partial charge in [0, 0.05) is 13.0 Å². The second kappa shape index (κ2) is 6.88. The van der Waals surface area contributed by atoms with Gasteiger partial charge in [0.2, 0.25) is 5.75 Å². The van der Waals surface area contributed by atoms with Crippen molar-refractivity contribution < 1.29 is 18.2 Å².